The minimum Gasteiger partial charge on any atom is -0.388 e. The average Bonchev–Trinajstić information content (AvgIpc) is 2.99. The monoisotopic (exact) mass is 345 g/mol. The first kappa shape index (κ1) is 13.9. The van der Waals surface area contributed by atoms with E-state index in [4.69, 9.17) is 0 Å². The van der Waals surface area contributed by atoms with Gasteiger partial charge in [0.1, 0.15) is 5.82 Å². The Hall–Kier alpha value is -0.100. The number of hydrogen-bond acceptors (Lipinski definition) is 3. The number of fused-ring (bicyclic) bond motifs is 1. The summed E-state index contributed by atoms with van der Waals surface area (Å²) in [7, 11) is 0. The van der Waals surface area contributed by atoms with E-state index in [0.29, 0.717) is 6.54 Å². The summed E-state index contributed by atoms with van der Waals surface area (Å²) in [6.07, 6.45) is 2.51. The fraction of sp³-hybridized carbons (Fsp3) is 0.571. The minimum absolute atomic E-state index is 0.113. The van der Waals surface area contributed by atoms with Gasteiger partial charge in [-0.1, -0.05) is 15.9 Å². The second kappa shape index (κ2) is 5.35. The second-order valence-electron chi connectivity index (χ2n) is 5.42. The van der Waals surface area contributed by atoms with Crippen molar-refractivity contribution in [2.75, 3.05) is 18.1 Å². The van der Waals surface area contributed by atoms with Crippen molar-refractivity contribution in [2.45, 2.75) is 30.9 Å². The van der Waals surface area contributed by atoms with Gasteiger partial charge in [0.25, 0.3) is 0 Å². The van der Waals surface area contributed by atoms with Gasteiger partial charge in [0.2, 0.25) is 0 Å². The van der Waals surface area contributed by atoms with Gasteiger partial charge in [-0.25, -0.2) is 4.39 Å². The van der Waals surface area contributed by atoms with Crippen molar-refractivity contribution in [2.24, 2.45) is 0 Å². The van der Waals surface area contributed by atoms with E-state index >= 15 is 0 Å². The standard InChI is InChI=1S/C14H17BrFNOS/c15-10-2-3-11(16)9-1-4-12(13(9)10)17-7-14(18)5-6-19-8-14/h2-3,12,17-18H,1,4-8H2/t12-,14-/m1/s1. The zero-order valence-corrected chi connectivity index (χ0v) is 13.0. The highest BCUT2D eigenvalue weighted by Gasteiger charge is 2.34. The molecule has 0 saturated carbocycles. The van der Waals surface area contributed by atoms with Gasteiger partial charge in [-0.3, -0.25) is 0 Å². The molecule has 1 aromatic carbocycles. The van der Waals surface area contributed by atoms with E-state index in [0.717, 1.165) is 46.4 Å². The third kappa shape index (κ3) is 2.71. The first-order valence-electron chi connectivity index (χ1n) is 6.59. The Morgan fingerprint density at radius 2 is 2.37 bits per heavy atom. The van der Waals surface area contributed by atoms with Crippen molar-refractivity contribution in [1.82, 2.24) is 5.32 Å². The lowest BCUT2D eigenvalue weighted by atomic mass is 10.0. The van der Waals surface area contributed by atoms with Crippen LogP contribution in [0.4, 0.5) is 4.39 Å². The lowest BCUT2D eigenvalue weighted by Crippen LogP contribution is -2.41. The summed E-state index contributed by atoms with van der Waals surface area (Å²) in [5.74, 6) is 1.71. The van der Waals surface area contributed by atoms with E-state index in [1.807, 2.05) is 0 Å². The van der Waals surface area contributed by atoms with E-state index < -0.39 is 5.60 Å². The van der Waals surface area contributed by atoms with Crippen LogP contribution >= 0.6 is 27.7 Å². The molecule has 1 fully saturated rings. The molecule has 0 spiro atoms. The van der Waals surface area contributed by atoms with Crippen molar-refractivity contribution in [3.05, 3.63) is 33.5 Å². The Morgan fingerprint density at radius 1 is 1.53 bits per heavy atom. The highest BCUT2D eigenvalue weighted by molar-refractivity contribution is 9.10. The molecule has 3 rings (SSSR count). The molecule has 0 unspecified atom stereocenters. The largest absolute Gasteiger partial charge is 0.388 e. The maximum Gasteiger partial charge on any atom is 0.126 e. The number of thioether (sulfide) groups is 1. The van der Waals surface area contributed by atoms with Crippen LogP contribution in [0.1, 0.15) is 30.0 Å². The number of nitrogens with one attached hydrogen (secondary N) is 1. The molecule has 0 aromatic heterocycles. The molecule has 1 heterocycles. The second-order valence-corrected chi connectivity index (χ2v) is 7.38. The number of hydrogen-bond donors (Lipinski definition) is 2. The Bertz CT molecular complexity index is 491. The molecule has 5 heteroatoms. The Morgan fingerprint density at radius 3 is 3.11 bits per heavy atom. The molecule has 1 aromatic rings. The number of halogens is 2. The summed E-state index contributed by atoms with van der Waals surface area (Å²) in [6, 6.07) is 3.44. The minimum atomic E-state index is -0.590. The van der Waals surface area contributed by atoms with Gasteiger partial charge < -0.3 is 10.4 Å². The highest BCUT2D eigenvalue weighted by Crippen LogP contribution is 2.38. The summed E-state index contributed by atoms with van der Waals surface area (Å²) in [4.78, 5) is 0. The lowest BCUT2D eigenvalue weighted by Gasteiger charge is -2.25. The molecule has 2 N–H and O–H groups in total. The van der Waals surface area contributed by atoms with Crippen LogP contribution in [0.25, 0.3) is 0 Å². The lowest BCUT2D eigenvalue weighted by molar-refractivity contribution is 0.0645. The van der Waals surface area contributed by atoms with E-state index in [1.165, 1.54) is 6.07 Å². The van der Waals surface area contributed by atoms with Gasteiger partial charge in [-0.05, 0) is 48.3 Å². The SMILES string of the molecule is O[C@@]1(CN[C@@H]2CCc3c(F)ccc(Br)c32)CCSC1. The summed E-state index contributed by atoms with van der Waals surface area (Å²) < 4.78 is 14.7. The van der Waals surface area contributed by atoms with Crippen LogP contribution in [0.2, 0.25) is 0 Å². The van der Waals surface area contributed by atoms with Gasteiger partial charge in [-0.2, -0.15) is 11.8 Å². The molecule has 0 amide bonds. The first-order chi connectivity index (χ1) is 9.09. The van der Waals surface area contributed by atoms with Crippen molar-refractivity contribution in [3.8, 4) is 0 Å². The summed E-state index contributed by atoms with van der Waals surface area (Å²) in [5.41, 5.74) is 1.27. The Balaban J connectivity index is 1.74. The Kier molecular flexibility index (Phi) is 3.91. The molecule has 2 aliphatic rings. The number of rotatable bonds is 3. The average molecular weight is 346 g/mol. The Labute approximate surface area is 125 Å². The van der Waals surface area contributed by atoms with Crippen LogP contribution in [-0.4, -0.2) is 28.8 Å². The molecular formula is C14H17BrFNOS. The van der Waals surface area contributed by atoms with E-state index in [1.54, 1.807) is 17.8 Å². The zero-order chi connectivity index (χ0) is 13.5. The molecule has 0 radical (unpaired) electrons. The van der Waals surface area contributed by atoms with E-state index in [9.17, 15) is 9.50 Å². The maximum atomic E-state index is 13.8. The van der Waals surface area contributed by atoms with Gasteiger partial charge in [0.15, 0.2) is 0 Å². The highest BCUT2D eigenvalue weighted by atomic mass is 79.9. The first-order valence-corrected chi connectivity index (χ1v) is 8.54. The summed E-state index contributed by atoms with van der Waals surface area (Å²) in [6.45, 7) is 0.590. The summed E-state index contributed by atoms with van der Waals surface area (Å²) >= 11 is 5.31. The van der Waals surface area contributed by atoms with Gasteiger partial charge >= 0.3 is 0 Å². The molecule has 1 aliphatic heterocycles. The van der Waals surface area contributed by atoms with Gasteiger partial charge in [0, 0.05) is 22.8 Å². The van der Waals surface area contributed by atoms with Crippen LogP contribution in [0.5, 0.6) is 0 Å². The third-order valence-electron chi connectivity index (χ3n) is 4.04. The third-order valence-corrected chi connectivity index (χ3v) is 5.96. The maximum absolute atomic E-state index is 13.8. The van der Waals surface area contributed by atoms with Crippen LogP contribution in [0.15, 0.2) is 16.6 Å². The molecular weight excluding hydrogens is 329 g/mol. The van der Waals surface area contributed by atoms with Gasteiger partial charge in [-0.15, -0.1) is 0 Å². The van der Waals surface area contributed by atoms with Gasteiger partial charge in [0.05, 0.1) is 5.60 Å². The summed E-state index contributed by atoms with van der Waals surface area (Å²) in [5, 5.41) is 13.8. The van der Waals surface area contributed by atoms with Crippen LogP contribution in [0, 0.1) is 5.82 Å². The molecule has 2 atom stereocenters. The molecule has 19 heavy (non-hydrogen) atoms. The zero-order valence-electron chi connectivity index (χ0n) is 10.6. The quantitative estimate of drug-likeness (QED) is 0.883. The van der Waals surface area contributed by atoms with Crippen molar-refractivity contribution < 1.29 is 9.50 Å². The van der Waals surface area contributed by atoms with Crippen molar-refractivity contribution in [3.63, 3.8) is 0 Å². The van der Waals surface area contributed by atoms with Crippen LogP contribution < -0.4 is 5.32 Å². The number of aliphatic hydroxyl groups is 1. The van der Waals surface area contributed by atoms with E-state index in [-0.39, 0.29) is 11.9 Å². The molecule has 0 bridgehead atoms. The van der Waals surface area contributed by atoms with Crippen molar-refractivity contribution in [1.29, 1.82) is 0 Å². The van der Waals surface area contributed by atoms with Crippen molar-refractivity contribution >= 4 is 27.7 Å². The fourth-order valence-electron chi connectivity index (χ4n) is 2.93. The van der Waals surface area contributed by atoms with Crippen LogP contribution in [0.3, 0.4) is 0 Å². The smallest absolute Gasteiger partial charge is 0.126 e. The molecule has 1 saturated heterocycles. The topological polar surface area (TPSA) is 32.3 Å². The fourth-order valence-corrected chi connectivity index (χ4v) is 4.87. The normalized spacial score (nSPS) is 29.7. The molecule has 104 valence electrons. The number of benzene rings is 1. The predicted octanol–water partition coefficient (Wildman–Crippen LogP) is 3.03. The van der Waals surface area contributed by atoms with E-state index in [2.05, 4.69) is 21.2 Å². The van der Waals surface area contributed by atoms with Crippen LogP contribution in [-0.2, 0) is 6.42 Å². The predicted molar refractivity (Wildman–Crippen MR) is 80.1 cm³/mol. The molecule has 1 aliphatic carbocycles. The molecule has 2 nitrogen and oxygen atoms in total.